The van der Waals surface area contributed by atoms with E-state index in [2.05, 4.69) is 9.97 Å². The molecule has 0 spiro atoms. The molecule has 1 atom stereocenters. The Labute approximate surface area is 117 Å². The minimum atomic E-state index is -0.758. The van der Waals surface area contributed by atoms with Gasteiger partial charge in [0, 0.05) is 10.3 Å². The molecule has 94 valence electrons. The highest BCUT2D eigenvalue weighted by molar-refractivity contribution is 7.72. The average Bonchev–Trinajstić information content (AvgIpc) is 2.77. The molecule has 3 rings (SSSR count). The zero-order valence-corrected chi connectivity index (χ0v) is 11.7. The summed E-state index contributed by atoms with van der Waals surface area (Å²) in [4.78, 5) is 19.1. The van der Waals surface area contributed by atoms with E-state index in [1.54, 1.807) is 11.3 Å². The summed E-state index contributed by atoms with van der Waals surface area (Å²) in [5.41, 5.74) is 1.12. The lowest BCUT2D eigenvalue weighted by atomic mass is 9.98. The molecule has 0 radical (unpaired) electrons. The number of aromatic amines is 2. The molecule has 0 saturated heterocycles. The van der Waals surface area contributed by atoms with E-state index in [1.807, 2.05) is 0 Å². The van der Waals surface area contributed by atoms with Crippen molar-refractivity contribution >= 4 is 52.0 Å². The van der Waals surface area contributed by atoms with Crippen molar-refractivity contribution in [3.63, 3.8) is 0 Å². The van der Waals surface area contributed by atoms with Gasteiger partial charge in [-0.1, -0.05) is 12.2 Å². The molecule has 1 aliphatic rings. The Bertz CT molecular complexity index is 756. The van der Waals surface area contributed by atoms with Crippen molar-refractivity contribution in [3.05, 3.63) is 19.9 Å². The highest BCUT2D eigenvalue weighted by Crippen LogP contribution is 2.44. The highest BCUT2D eigenvalue weighted by Gasteiger charge is 2.29. The molecule has 18 heavy (non-hydrogen) atoms. The van der Waals surface area contributed by atoms with Crippen LogP contribution in [0.3, 0.4) is 0 Å². The van der Waals surface area contributed by atoms with Crippen LogP contribution in [-0.4, -0.2) is 21.0 Å². The van der Waals surface area contributed by atoms with Gasteiger partial charge in [-0.25, -0.2) is 0 Å². The molecule has 2 aromatic rings. The van der Waals surface area contributed by atoms with Crippen molar-refractivity contribution in [3.8, 4) is 0 Å². The summed E-state index contributed by atoms with van der Waals surface area (Å²) >= 11 is 12.0. The number of carbonyl (C=O) groups is 1. The number of aryl methyl sites for hydroxylation is 1. The van der Waals surface area contributed by atoms with E-state index < -0.39 is 5.97 Å². The lowest BCUT2D eigenvalue weighted by Crippen LogP contribution is -2.03. The first kappa shape index (κ1) is 12.0. The van der Waals surface area contributed by atoms with Crippen molar-refractivity contribution < 1.29 is 9.90 Å². The van der Waals surface area contributed by atoms with Gasteiger partial charge >= 0.3 is 5.97 Å². The number of carboxylic acids is 1. The third-order valence-corrected chi connectivity index (χ3v) is 4.94. The molecule has 0 saturated carbocycles. The van der Waals surface area contributed by atoms with Crippen LogP contribution in [-0.2, 0) is 11.2 Å². The topological polar surface area (TPSA) is 68.9 Å². The summed E-state index contributed by atoms with van der Waals surface area (Å²) in [6, 6.07) is 0. The molecule has 7 heteroatoms. The maximum Gasteiger partial charge on any atom is 0.303 e. The standard InChI is InChI=1S/C11H10N2O2S3/c14-6(15)3-4-1-2-5-7(4)8-9(16)12-11(17)13-10(8)18-5/h4H,1-3H2,(H,14,15)(H2,12,13,16,17). The largest absolute Gasteiger partial charge is 0.481 e. The van der Waals surface area contributed by atoms with Crippen LogP contribution < -0.4 is 0 Å². The molecule has 0 amide bonds. The molecular weight excluding hydrogens is 288 g/mol. The quantitative estimate of drug-likeness (QED) is 0.742. The van der Waals surface area contributed by atoms with Gasteiger partial charge in [0.2, 0.25) is 0 Å². The Morgan fingerprint density at radius 3 is 2.94 bits per heavy atom. The van der Waals surface area contributed by atoms with Crippen LogP contribution in [0, 0.1) is 9.41 Å². The van der Waals surface area contributed by atoms with Crippen LogP contribution in [0.15, 0.2) is 0 Å². The Morgan fingerprint density at radius 1 is 1.44 bits per heavy atom. The predicted octanol–water partition coefficient (Wildman–Crippen LogP) is 3.52. The maximum absolute atomic E-state index is 10.9. The first-order valence-electron chi connectivity index (χ1n) is 5.56. The van der Waals surface area contributed by atoms with Gasteiger partial charge in [-0.15, -0.1) is 11.3 Å². The SMILES string of the molecule is O=C(O)CC1CCc2sc3[nH]c(=S)[nH]c(=S)c3c21. The number of fused-ring (bicyclic) bond motifs is 3. The Balaban J connectivity index is 2.26. The molecule has 0 aliphatic heterocycles. The number of rotatable bonds is 2. The van der Waals surface area contributed by atoms with Crippen LogP contribution in [0.4, 0.5) is 0 Å². The molecule has 3 N–H and O–H groups in total. The fourth-order valence-corrected chi connectivity index (χ4v) is 4.61. The minimum absolute atomic E-state index is 0.0747. The van der Waals surface area contributed by atoms with E-state index in [1.165, 1.54) is 4.88 Å². The molecule has 1 unspecified atom stereocenters. The van der Waals surface area contributed by atoms with E-state index in [0.29, 0.717) is 9.41 Å². The van der Waals surface area contributed by atoms with Gasteiger partial charge in [0.05, 0.1) is 6.42 Å². The highest BCUT2D eigenvalue weighted by atomic mass is 32.1. The fraction of sp³-hybridized carbons (Fsp3) is 0.364. The van der Waals surface area contributed by atoms with Gasteiger partial charge in [-0.2, -0.15) is 0 Å². The molecular formula is C11H10N2O2S3. The van der Waals surface area contributed by atoms with Gasteiger partial charge in [0.15, 0.2) is 4.77 Å². The third-order valence-electron chi connectivity index (χ3n) is 3.25. The number of hydrogen-bond donors (Lipinski definition) is 3. The summed E-state index contributed by atoms with van der Waals surface area (Å²) < 4.78 is 1.13. The summed E-state index contributed by atoms with van der Waals surface area (Å²) in [6.07, 6.45) is 2.00. The number of thiophene rings is 1. The molecule has 2 aromatic heterocycles. The molecule has 1 aliphatic carbocycles. The van der Waals surface area contributed by atoms with Crippen molar-refractivity contribution in [2.24, 2.45) is 0 Å². The lowest BCUT2D eigenvalue weighted by Gasteiger charge is -2.07. The van der Waals surface area contributed by atoms with Gasteiger partial charge in [-0.3, -0.25) is 4.79 Å². The summed E-state index contributed by atoms with van der Waals surface area (Å²) in [5.74, 6) is -0.684. The first-order chi connectivity index (χ1) is 8.56. The summed E-state index contributed by atoms with van der Waals surface area (Å²) in [6.45, 7) is 0. The molecule has 2 heterocycles. The fourth-order valence-electron chi connectivity index (χ4n) is 2.59. The predicted molar refractivity (Wildman–Crippen MR) is 75.5 cm³/mol. The number of hydrogen-bond acceptors (Lipinski definition) is 4. The second-order valence-electron chi connectivity index (χ2n) is 4.38. The third kappa shape index (κ3) is 1.82. The molecule has 0 bridgehead atoms. The Hall–Kier alpha value is -1.05. The van der Waals surface area contributed by atoms with Crippen LogP contribution in [0.2, 0.25) is 0 Å². The first-order valence-corrected chi connectivity index (χ1v) is 7.19. The molecule has 4 nitrogen and oxygen atoms in total. The zero-order valence-electron chi connectivity index (χ0n) is 9.28. The van der Waals surface area contributed by atoms with E-state index in [4.69, 9.17) is 29.5 Å². The maximum atomic E-state index is 10.9. The molecule has 0 aromatic carbocycles. The average molecular weight is 298 g/mol. The smallest absolute Gasteiger partial charge is 0.303 e. The van der Waals surface area contributed by atoms with E-state index >= 15 is 0 Å². The van der Waals surface area contributed by atoms with E-state index in [-0.39, 0.29) is 12.3 Å². The monoisotopic (exact) mass is 298 g/mol. The van der Waals surface area contributed by atoms with Crippen LogP contribution in [0.1, 0.15) is 29.2 Å². The number of aromatic nitrogens is 2. The minimum Gasteiger partial charge on any atom is -0.481 e. The van der Waals surface area contributed by atoms with E-state index in [0.717, 1.165) is 28.6 Å². The summed E-state index contributed by atoms with van der Waals surface area (Å²) in [5, 5.41) is 9.93. The molecule has 0 fully saturated rings. The second-order valence-corrected chi connectivity index (χ2v) is 6.31. The van der Waals surface area contributed by atoms with Gasteiger partial charge < -0.3 is 15.1 Å². The number of nitrogens with one attached hydrogen (secondary N) is 2. The van der Waals surface area contributed by atoms with Crippen molar-refractivity contribution in [1.29, 1.82) is 0 Å². The normalized spacial score (nSPS) is 18.1. The Kier molecular flexibility index (Phi) is 2.84. The van der Waals surface area contributed by atoms with E-state index in [9.17, 15) is 4.79 Å². The van der Waals surface area contributed by atoms with Gasteiger partial charge in [0.1, 0.15) is 9.47 Å². The zero-order chi connectivity index (χ0) is 12.9. The van der Waals surface area contributed by atoms with Crippen molar-refractivity contribution in [2.75, 3.05) is 0 Å². The van der Waals surface area contributed by atoms with Gasteiger partial charge in [0.25, 0.3) is 0 Å². The number of H-pyrrole nitrogens is 2. The number of carboxylic acid groups (broad SMARTS) is 1. The van der Waals surface area contributed by atoms with Crippen LogP contribution >= 0.6 is 35.8 Å². The van der Waals surface area contributed by atoms with Crippen molar-refractivity contribution in [1.82, 2.24) is 9.97 Å². The summed E-state index contributed by atoms with van der Waals surface area (Å²) in [7, 11) is 0. The second kappa shape index (κ2) is 4.25. The van der Waals surface area contributed by atoms with Crippen LogP contribution in [0.5, 0.6) is 0 Å². The van der Waals surface area contributed by atoms with Gasteiger partial charge in [-0.05, 0) is 36.5 Å². The number of aliphatic carboxylic acids is 1. The van der Waals surface area contributed by atoms with Crippen LogP contribution in [0.25, 0.3) is 10.2 Å². The lowest BCUT2D eigenvalue weighted by molar-refractivity contribution is -0.137. The van der Waals surface area contributed by atoms with Crippen molar-refractivity contribution in [2.45, 2.75) is 25.2 Å². The Morgan fingerprint density at radius 2 is 2.22 bits per heavy atom.